The van der Waals surface area contributed by atoms with Gasteiger partial charge in [-0.25, -0.2) is 4.98 Å². The number of fused-ring (bicyclic) bond motifs is 1. The predicted molar refractivity (Wildman–Crippen MR) is 84.2 cm³/mol. The van der Waals surface area contributed by atoms with Gasteiger partial charge in [0.25, 0.3) is 5.56 Å². The molecule has 1 amide bonds. The molecule has 1 aromatic carbocycles. The van der Waals surface area contributed by atoms with Crippen molar-refractivity contribution in [1.29, 1.82) is 0 Å². The number of benzene rings is 1. The van der Waals surface area contributed by atoms with E-state index in [2.05, 4.69) is 15.3 Å². The number of aromatic amines is 1. The minimum Gasteiger partial charge on any atom is -0.493 e. The SMILES string of the molecule is COc1cccc([C@H]2CC(=O)Nc3nc(C)[nH]c(=O)c32)c1OC. The molecular weight excluding hydrogens is 298 g/mol. The molecule has 0 fully saturated rings. The summed E-state index contributed by atoms with van der Waals surface area (Å²) in [6, 6.07) is 5.40. The summed E-state index contributed by atoms with van der Waals surface area (Å²) in [5.41, 5.74) is 0.892. The second-order valence-corrected chi connectivity index (χ2v) is 5.30. The van der Waals surface area contributed by atoms with Crippen LogP contribution < -0.4 is 20.3 Å². The molecular formula is C16H17N3O4. The van der Waals surface area contributed by atoms with Gasteiger partial charge in [-0.3, -0.25) is 9.59 Å². The number of amides is 1. The number of nitrogens with zero attached hydrogens (tertiary/aromatic N) is 1. The monoisotopic (exact) mass is 315 g/mol. The standard InChI is InChI=1S/C16H17N3O4/c1-8-17-15-13(16(21)18-8)10(7-12(20)19-15)9-5-4-6-11(22-2)14(9)23-3/h4-6,10H,7H2,1-3H3,(H2,17,18,19,20,21)/t10-/m1/s1. The highest BCUT2D eigenvalue weighted by molar-refractivity contribution is 5.94. The Labute approximate surface area is 132 Å². The molecule has 120 valence electrons. The van der Waals surface area contributed by atoms with Gasteiger partial charge >= 0.3 is 0 Å². The highest BCUT2D eigenvalue weighted by atomic mass is 16.5. The van der Waals surface area contributed by atoms with Crippen LogP contribution in [0.5, 0.6) is 11.5 Å². The number of carbonyl (C=O) groups is 1. The van der Waals surface area contributed by atoms with Crippen LogP contribution in [0.15, 0.2) is 23.0 Å². The second kappa shape index (κ2) is 5.75. The number of aryl methyl sites for hydroxylation is 1. The molecule has 7 nitrogen and oxygen atoms in total. The van der Waals surface area contributed by atoms with Crippen molar-refractivity contribution < 1.29 is 14.3 Å². The zero-order valence-corrected chi connectivity index (χ0v) is 13.1. The van der Waals surface area contributed by atoms with Crippen molar-refractivity contribution in [2.45, 2.75) is 19.3 Å². The van der Waals surface area contributed by atoms with Gasteiger partial charge in [-0.15, -0.1) is 0 Å². The first kappa shape index (κ1) is 15.1. The van der Waals surface area contributed by atoms with Crippen LogP contribution in [-0.2, 0) is 4.79 Å². The molecule has 1 aliphatic rings. The van der Waals surface area contributed by atoms with E-state index in [1.807, 2.05) is 6.07 Å². The van der Waals surface area contributed by atoms with Crippen LogP contribution in [0.1, 0.15) is 29.3 Å². The van der Waals surface area contributed by atoms with Crippen molar-refractivity contribution in [1.82, 2.24) is 9.97 Å². The molecule has 0 aliphatic carbocycles. The summed E-state index contributed by atoms with van der Waals surface area (Å²) in [5.74, 6) is 1.19. The summed E-state index contributed by atoms with van der Waals surface area (Å²) >= 11 is 0. The van der Waals surface area contributed by atoms with E-state index >= 15 is 0 Å². The molecule has 0 saturated heterocycles. The predicted octanol–water partition coefficient (Wildman–Crippen LogP) is 1.57. The molecule has 0 unspecified atom stereocenters. The number of carbonyl (C=O) groups excluding carboxylic acids is 1. The van der Waals surface area contributed by atoms with Gasteiger partial charge in [-0.2, -0.15) is 0 Å². The van der Waals surface area contributed by atoms with Crippen molar-refractivity contribution in [2.24, 2.45) is 0 Å². The van der Waals surface area contributed by atoms with E-state index in [0.29, 0.717) is 28.7 Å². The highest BCUT2D eigenvalue weighted by Gasteiger charge is 2.33. The van der Waals surface area contributed by atoms with Crippen LogP contribution in [0.2, 0.25) is 0 Å². The van der Waals surface area contributed by atoms with Crippen LogP contribution in [0, 0.1) is 6.92 Å². The van der Waals surface area contributed by atoms with Gasteiger partial charge in [0.1, 0.15) is 11.6 Å². The van der Waals surface area contributed by atoms with E-state index in [9.17, 15) is 9.59 Å². The average molecular weight is 315 g/mol. The Morgan fingerprint density at radius 2 is 2.00 bits per heavy atom. The lowest BCUT2D eigenvalue weighted by Crippen LogP contribution is -2.31. The van der Waals surface area contributed by atoms with Crippen LogP contribution in [-0.4, -0.2) is 30.1 Å². The Morgan fingerprint density at radius 3 is 2.70 bits per heavy atom. The van der Waals surface area contributed by atoms with Crippen LogP contribution in [0.4, 0.5) is 5.82 Å². The van der Waals surface area contributed by atoms with Crippen LogP contribution >= 0.6 is 0 Å². The van der Waals surface area contributed by atoms with Gasteiger partial charge in [-0.1, -0.05) is 12.1 Å². The summed E-state index contributed by atoms with van der Waals surface area (Å²) < 4.78 is 10.7. The first-order valence-corrected chi connectivity index (χ1v) is 7.16. The Hall–Kier alpha value is -2.83. The zero-order chi connectivity index (χ0) is 16.6. The molecule has 2 heterocycles. The fourth-order valence-electron chi connectivity index (χ4n) is 2.94. The maximum atomic E-state index is 12.4. The van der Waals surface area contributed by atoms with E-state index in [1.54, 1.807) is 26.2 Å². The minimum absolute atomic E-state index is 0.143. The highest BCUT2D eigenvalue weighted by Crippen LogP contribution is 2.42. The molecule has 23 heavy (non-hydrogen) atoms. The third kappa shape index (κ3) is 2.54. The fraction of sp³-hybridized carbons (Fsp3) is 0.312. The lowest BCUT2D eigenvalue weighted by Gasteiger charge is -2.26. The summed E-state index contributed by atoms with van der Waals surface area (Å²) in [6.45, 7) is 1.67. The Kier molecular flexibility index (Phi) is 3.77. The maximum absolute atomic E-state index is 12.4. The number of aromatic nitrogens is 2. The Morgan fingerprint density at radius 1 is 1.22 bits per heavy atom. The Bertz CT molecular complexity index is 829. The normalized spacial score (nSPS) is 16.5. The number of rotatable bonds is 3. The molecule has 1 aliphatic heterocycles. The molecule has 1 aromatic heterocycles. The number of ether oxygens (including phenoxy) is 2. The number of hydrogen-bond acceptors (Lipinski definition) is 5. The molecule has 0 bridgehead atoms. The van der Waals surface area contributed by atoms with E-state index in [1.165, 1.54) is 7.11 Å². The van der Waals surface area contributed by atoms with Gasteiger partial charge in [0.2, 0.25) is 5.91 Å². The Balaban J connectivity index is 2.23. The molecule has 0 spiro atoms. The molecule has 0 radical (unpaired) electrons. The summed E-state index contributed by atoms with van der Waals surface area (Å²) in [7, 11) is 3.07. The van der Waals surface area contributed by atoms with Gasteiger partial charge < -0.3 is 19.8 Å². The molecule has 1 atom stereocenters. The van der Waals surface area contributed by atoms with E-state index in [0.717, 1.165) is 5.56 Å². The lowest BCUT2D eigenvalue weighted by molar-refractivity contribution is -0.116. The number of para-hydroxylation sites is 1. The quantitative estimate of drug-likeness (QED) is 0.897. The molecule has 7 heteroatoms. The molecule has 3 rings (SSSR count). The number of anilines is 1. The smallest absolute Gasteiger partial charge is 0.256 e. The second-order valence-electron chi connectivity index (χ2n) is 5.30. The molecule has 2 aromatic rings. The summed E-state index contributed by atoms with van der Waals surface area (Å²) in [6.07, 6.45) is 0.143. The van der Waals surface area contributed by atoms with Gasteiger partial charge in [0.15, 0.2) is 11.5 Å². The molecule has 0 saturated carbocycles. The topological polar surface area (TPSA) is 93.3 Å². The van der Waals surface area contributed by atoms with Gasteiger partial charge in [0.05, 0.1) is 19.8 Å². The van der Waals surface area contributed by atoms with Crippen molar-refractivity contribution in [3.05, 3.63) is 45.5 Å². The average Bonchev–Trinajstić information content (AvgIpc) is 2.52. The molecule has 2 N–H and O–H groups in total. The minimum atomic E-state index is -0.444. The van der Waals surface area contributed by atoms with Crippen molar-refractivity contribution in [2.75, 3.05) is 19.5 Å². The maximum Gasteiger partial charge on any atom is 0.256 e. The first-order valence-electron chi connectivity index (χ1n) is 7.16. The van der Waals surface area contributed by atoms with Crippen molar-refractivity contribution in [3.63, 3.8) is 0 Å². The lowest BCUT2D eigenvalue weighted by atomic mass is 9.86. The van der Waals surface area contributed by atoms with Crippen molar-refractivity contribution >= 4 is 11.7 Å². The van der Waals surface area contributed by atoms with Gasteiger partial charge in [-0.05, 0) is 13.0 Å². The first-order chi connectivity index (χ1) is 11.0. The van der Waals surface area contributed by atoms with E-state index < -0.39 is 5.92 Å². The third-order valence-corrected chi connectivity index (χ3v) is 3.88. The number of H-pyrrole nitrogens is 1. The number of hydrogen-bond donors (Lipinski definition) is 2. The van der Waals surface area contributed by atoms with Gasteiger partial charge in [0, 0.05) is 17.9 Å². The number of methoxy groups -OCH3 is 2. The summed E-state index contributed by atoms with van der Waals surface area (Å²) in [5, 5.41) is 2.67. The van der Waals surface area contributed by atoms with Crippen LogP contribution in [0.25, 0.3) is 0 Å². The van der Waals surface area contributed by atoms with Crippen LogP contribution in [0.3, 0.4) is 0 Å². The zero-order valence-electron chi connectivity index (χ0n) is 13.1. The summed E-state index contributed by atoms with van der Waals surface area (Å²) in [4.78, 5) is 31.4. The van der Waals surface area contributed by atoms with E-state index in [-0.39, 0.29) is 17.9 Å². The van der Waals surface area contributed by atoms with Crippen molar-refractivity contribution in [3.8, 4) is 11.5 Å². The third-order valence-electron chi connectivity index (χ3n) is 3.88. The largest absolute Gasteiger partial charge is 0.493 e. The van der Waals surface area contributed by atoms with E-state index in [4.69, 9.17) is 9.47 Å². The number of nitrogens with one attached hydrogen (secondary N) is 2. The fourth-order valence-corrected chi connectivity index (χ4v) is 2.94.